The van der Waals surface area contributed by atoms with Crippen molar-refractivity contribution in [2.75, 3.05) is 6.54 Å². The van der Waals surface area contributed by atoms with Gasteiger partial charge in [-0.3, -0.25) is 9.69 Å². The standard InChI is InChI=1S/C17H21NO4/c1-17(2,3)22-16(21)18-10-13(11-19)15(20)9-14(18)12-7-5-4-6-8-12/h4-8,11,14,19H,9-10H2,1-3H3/b13-11-. The summed E-state index contributed by atoms with van der Waals surface area (Å²) >= 11 is 0. The summed E-state index contributed by atoms with van der Waals surface area (Å²) in [5.74, 6) is -0.156. The number of amides is 1. The number of benzene rings is 1. The molecule has 2 rings (SSSR count). The Kier molecular flexibility index (Phi) is 4.54. The maximum Gasteiger partial charge on any atom is 0.411 e. The number of hydrogen-bond acceptors (Lipinski definition) is 4. The summed E-state index contributed by atoms with van der Waals surface area (Å²) in [7, 11) is 0. The van der Waals surface area contributed by atoms with Crippen LogP contribution < -0.4 is 0 Å². The van der Waals surface area contributed by atoms with Gasteiger partial charge >= 0.3 is 6.09 Å². The molecule has 1 saturated heterocycles. The summed E-state index contributed by atoms with van der Waals surface area (Å²) in [6.07, 6.45) is 0.421. The van der Waals surface area contributed by atoms with Gasteiger partial charge in [0.05, 0.1) is 18.8 Å². The highest BCUT2D eigenvalue weighted by molar-refractivity contribution is 5.98. The molecule has 5 heteroatoms. The molecule has 1 unspecified atom stereocenters. The fourth-order valence-corrected chi connectivity index (χ4v) is 2.40. The van der Waals surface area contributed by atoms with E-state index in [0.717, 1.165) is 11.8 Å². The molecule has 118 valence electrons. The fraction of sp³-hybridized carbons (Fsp3) is 0.412. The van der Waals surface area contributed by atoms with Crippen molar-refractivity contribution in [3.05, 3.63) is 47.7 Å². The molecule has 0 radical (unpaired) electrons. The number of carbonyl (C=O) groups excluding carboxylic acids is 2. The van der Waals surface area contributed by atoms with Crippen molar-refractivity contribution >= 4 is 11.9 Å². The number of aliphatic hydroxyl groups is 1. The second-order valence-electron chi connectivity index (χ2n) is 6.32. The number of ketones is 1. The molecule has 1 amide bonds. The third-order valence-corrected chi connectivity index (χ3v) is 3.42. The van der Waals surface area contributed by atoms with E-state index >= 15 is 0 Å². The molecular weight excluding hydrogens is 282 g/mol. The molecule has 22 heavy (non-hydrogen) atoms. The molecule has 5 nitrogen and oxygen atoms in total. The Labute approximate surface area is 130 Å². The molecule has 1 aromatic rings. The highest BCUT2D eigenvalue weighted by Crippen LogP contribution is 2.32. The van der Waals surface area contributed by atoms with Gasteiger partial charge in [-0.05, 0) is 26.3 Å². The number of piperidine rings is 1. The van der Waals surface area contributed by atoms with Crippen molar-refractivity contribution in [1.29, 1.82) is 0 Å². The summed E-state index contributed by atoms with van der Waals surface area (Å²) < 4.78 is 5.42. The van der Waals surface area contributed by atoms with Crippen molar-refractivity contribution in [2.24, 2.45) is 0 Å². The number of aliphatic hydroxyl groups excluding tert-OH is 1. The first kappa shape index (κ1) is 16.1. The van der Waals surface area contributed by atoms with Gasteiger partial charge in [0.1, 0.15) is 5.60 Å². The first-order valence-electron chi connectivity index (χ1n) is 7.23. The minimum absolute atomic E-state index is 0.0454. The lowest BCUT2D eigenvalue weighted by molar-refractivity contribution is -0.118. The summed E-state index contributed by atoms with van der Waals surface area (Å²) in [4.78, 5) is 26.0. The number of hydrogen-bond donors (Lipinski definition) is 1. The maximum atomic E-state index is 12.4. The predicted molar refractivity (Wildman–Crippen MR) is 82.5 cm³/mol. The van der Waals surface area contributed by atoms with Crippen molar-refractivity contribution in [3.63, 3.8) is 0 Å². The predicted octanol–water partition coefficient (Wildman–Crippen LogP) is 3.38. The minimum atomic E-state index is -0.622. The van der Waals surface area contributed by atoms with Crippen LogP contribution in [0.3, 0.4) is 0 Å². The quantitative estimate of drug-likeness (QED) is 0.638. The zero-order chi connectivity index (χ0) is 16.3. The van der Waals surface area contributed by atoms with Gasteiger partial charge in [-0.25, -0.2) is 4.79 Å². The maximum absolute atomic E-state index is 12.4. The van der Waals surface area contributed by atoms with E-state index in [9.17, 15) is 14.7 Å². The molecule has 0 aliphatic carbocycles. The molecule has 0 saturated carbocycles. The number of Topliss-reactive ketones (excluding diaryl/α,β-unsaturated/α-hetero) is 1. The van der Waals surface area contributed by atoms with Crippen molar-refractivity contribution in [1.82, 2.24) is 4.90 Å². The molecule has 1 aromatic carbocycles. The highest BCUT2D eigenvalue weighted by Gasteiger charge is 2.36. The summed E-state index contributed by atoms with van der Waals surface area (Å²) in [5, 5.41) is 9.19. The average Bonchev–Trinajstić information content (AvgIpc) is 2.46. The largest absolute Gasteiger partial charge is 0.515 e. The van der Waals surface area contributed by atoms with Gasteiger partial charge in [-0.1, -0.05) is 30.3 Å². The van der Waals surface area contributed by atoms with Crippen LogP contribution >= 0.6 is 0 Å². The first-order valence-corrected chi connectivity index (χ1v) is 7.23. The second-order valence-corrected chi connectivity index (χ2v) is 6.32. The summed E-state index contributed by atoms with van der Waals surface area (Å²) in [6, 6.07) is 8.98. The lowest BCUT2D eigenvalue weighted by Gasteiger charge is -2.37. The monoisotopic (exact) mass is 303 g/mol. The van der Waals surface area contributed by atoms with Gasteiger partial charge in [0.15, 0.2) is 5.78 Å². The van der Waals surface area contributed by atoms with Gasteiger partial charge in [-0.2, -0.15) is 0 Å². The van der Waals surface area contributed by atoms with Crippen LogP contribution in [0.2, 0.25) is 0 Å². The average molecular weight is 303 g/mol. The number of nitrogens with zero attached hydrogens (tertiary/aromatic N) is 1. The molecule has 0 spiro atoms. The van der Waals surface area contributed by atoms with E-state index in [-0.39, 0.29) is 30.4 Å². The molecule has 1 fully saturated rings. The van der Waals surface area contributed by atoms with Crippen LogP contribution in [0.1, 0.15) is 38.8 Å². The normalized spacial score (nSPS) is 21.0. The van der Waals surface area contributed by atoms with Gasteiger partial charge in [-0.15, -0.1) is 0 Å². The molecule has 1 heterocycles. The smallest absolute Gasteiger partial charge is 0.411 e. The Morgan fingerprint density at radius 2 is 1.95 bits per heavy atom. The Hall–Kier alpha value is -2.30. The third kappa shape index (κ3) is 3.67. The van der Waals surface area contributed by atoms with Crippen LogP contribution in [-0.2, 0) is 9.53 Å². The summed E-state index contributed by atoms with van der Waals surface area (Å²) in [6.45, 7) is 5.42. The molecule has 0 aromatic heterocycles. The van der Waals surface area contributed by atoms with E-state index in [1.54, 1.807) is 20.8 Å². The first-order chi connectivity index (χ1) is 10.3. The van der Waals surface area contributed by atoms with E-state index < -0.39 is 11.7 Å². The van der Waals surface area contributed by atoms with Crippen molar-refractivity contribution < 1.29 is 19.4 Å². The Balaban J connectivity index is 2.31. The van der Waals surface area contributed by atoms with E-state index in [1.165, 1.54) is 4.90 Å². The van der Waals surface area contributed by atoms with Gasteiger partial charge in [0.25, 0.3) is 0 Å². The third-order valence-electron chi connectivity index (χ3n) is 3.42. The second kappa shape index (κ2) is 6.22. The van der Waals surface area contributed by atoms with Gasteiger partial charge in [0, 0.05) is 12.0 Å². The van der Waals surface area contributed by atoms with Crippen LogP contribution in [0.5, 0.6) is 0 Å². The lowest BCUT2D eigenvalue weighted by atomic mass is 9.92. The Morgan fingerprint density at radius 3 is 2.50 bits per heavy atom. The zero-order valence-corrected chi connectivity index (χ0v) is 13.1. The van der Waals surface area contributed by atoms with Gasteiger partial charge in [0.2, 0.25) is 0 Å². The van der Waals surface area contributed by atoms with E-state index in [1.807, 2.05) is 30.3 Å². The number of carbonyl (C=O) groups is 2. The van der Waals surface area contributed by atoms with Crippen LogP contribution in [0.4, 0.5) is 4.79 Å². The topological polar surface area (TPSA) is 66.8 Å². The number of rotatable bonds is 1. The van der Waals surface area contributed by atoms with Crippen LogP contribution in [0.25, 0.3) is 0 Å². The molecular formula is C17H21NO4. The summed E-state index contributed by atoms with van der Waals surface area (Å²) in [5.41, 5.74) is 0.472. The Bertz CT molecular complexity index is 586. The van der Waals surface area contributed by atoms with E-state index in [2.05, 4.69) is 0 Å². The lowest BCUT2D eigenvalue weighted by Crippen LogP contribution is -2.45. The highest BCUT2D eigenvalue weighted by atomic mass is 16.6. The number of ether oxygens (including phenoxy) is 1. The molecule has 1 aliphatic heterocycles. The van der Waals surface area contributed by atoms with Crippen LogP contribution in [0, 0.1) is 0 Å². The van der Waals surface area contributed by atoms with Crippen LogP contribution in [0.15, 0.2) is 42.2 Å². The fourth-order valence-electron chi connectivity index (χ4n) is 2.40. The van der Waals surface area contributed by atoms with E-state index in [4.69, 9.17) is 4.74 Å². The molecule has 1 aliphatic rings. The molecule has 1 N–H and O–H groups in total. The van der Waals surface area contributed by atoms with Crippen LogP contribution in [-0.4, -0.2) is 34.0 Å². The minimum Gasteiger partial charge on any atom is -0.515 e. The number of likely N-dealkylation sites (tertiary alicyclic amines) is 1. The van der Waals surface area contributed by atoms with Crippen molar-refractivity contribution in [2.45, 2.75) is 38.8 Å². The SMILES string of the molecule is CC(C)(C)OC(=O)N1C/C(=C/O)C(=O)CC1c1ccccc1. The van der Waals surface area contributed by atoms with Crippen molar-refractivity contribution in [3.8, 4) is 0 Å². The Morgan fingerprint density at radius 1 is 1.32 bits per heavy atom. The zero-order valence-electron chi connectivity index (χ0n) is 13.1. The van der Waals surface area contributed by atoms with E-state index in [0.29, 0.717) is 0 Å². The van der Waals surface area contributed by atoms with Gasteiger partial charge < -0.3 is 9.84 Å². The molecule has 0 bridgehead atoms. The molecule has 1 atom stereocenters.